The van der Waals surface area contributed by atoms with Gasteiger partial charge in [-0.05, 0) is 97.3 Å². The van der Waals surface area contributed by atoms with E-state index in [0.29, 0.717) is 12.7 Å². The molecular formula is C33H49F2N5O2. The maximum absolute atomic E-state index is 12.8. The highest BCUT2D eigenvalue weighted by Crippen LogP contribution is 2.33. The molecule has 0 saturated heterocycles. The Labute approximate surface area is 250 Å². The number of halogens is 2. The molecule has 0 aliphatic carbocycles. The van der Waals surface area contributed by atoms with Gasteiger partial charge in [0.1, 0.15) is 12.0 Å². The van der Waals surface area contributed by atoms with Crippen molar-refractivity contribution in [1.29, 1.82) is 0 Å². The van der Waals surface area contributed by atoms with Crippen LogP contribution in [0.3, 0.4) is 0 Å². The number of hydrogen-bond acceptors (Lipinski definition) is 6. The van der Waals surface area contributed by atoms with Crippen LogP contribution in [0.15, 0.2) is 63.6 Å². The molecule has 2 aromatic rings. The molecule has 1 aliphatic rings. The van der Waals surface area contributed by atoms with Crippen LogP contribution >= 0.6 is 0 Å². The molecule has 0 bridgehead atoms. The number of allylic oxidation sites excluding steroid dienone is 3. The van der Waals surface area contributed by atoms with Crippen molar-refractivity contribution < 1.29 is 18.7 Å². The van der Waals surface area contributed by atoms with Gasteiger partial charge in [0, 0.05) is 29.9 Å². The van der Waals surface area contributed by atoms with Crippen LogP contribution < -0.4 is 5.32 Å². The second-order valence-electron chi connectivity index (χ2n) is 11.7. The number of carbonyl (C=O) groups is 1. The van der Waals surface area contributed by atoms with Crippen molar-refractivity contribution >= 4 is 17.5 Å². The Balaban J connectivity index is 0.000000309. The molecule has 0 saturated carbocycles. The number of aliphatic hydroxyl groups is 1. The summed E-state index contributed by atoms with van der Waals surface area (Å²) in [6.45, 7) is 17.7. The monoisotopic (exact) mass is 585 g/mol. The zero-order valence-electron chi connectivity index (χ0n) is 26.9. The highest BCUT2D eigenvalue weighted by Gasteiger charge is 2.29. The zero-order chi connectivity index (χ0) is 31.8. The van der Waals surface area contributed by atoms with E-state index < -0.39 is 17.7 Å². The Morgan fingerprint density at radius 2 is 1.93 bits per heavy atom. The lowest BCUT2D eigenvalue weighted by atomic mass is 9.90. The van der Waals surface area contributed by atoms with Crippen molar-refractivity contribution in [3.63, 3.8) is 0 Å². The molecule has 3 heterocycles. The molecule has 0 fully saturated rings. The van der Waals surface area contributed by atoms with Gasteiger partial charge >= 0.3 is 0 Å². The molecule has 2 unspecified atom stereocenters. The Bertz CT molecular complexity index is 1350. The lowest BCUT2D eigenvalue weighted by molar-refractivity contribution is -0.105. The number of aliphatic imine (C=N–C) groups is 1. The summed E-state index contributed by atoms with van der Waals surface area (Å²) in [7, 11) is 2.19. The van der Waals surface area contributed by atoms with Crippen molar-refractivity contribution in [2.75, 3.05) is 13.6 Å². The second kappa shape index (κ2) is 15.3. The Hall–Kier alpha value is -3.17. The normalized spacial score (nSPS) is 18.6. The van der Waals surface area contributed by atoms with E-state index in [4.69, 9.17) is 5.10 Å². The maximum Gasteiger partial charge on any atom is 0.280 e. The van der Waals surface area contributed by atoms with Gasteiger partial charge in [-0.25, -0.2) is 13.3 Å². The van der Waals surface area contributed by atoms with Crippen LogP contribution in [0.2, 0.25) is 0 Å². The smallest absolute Gasteiger partial charge is 0.280 e. The first-order chi connectivity index (χ1) is 19.7. The molecular weight excluding hydrogens is 536 g/mol. The van der Waals surface area contributed by atoms with Crippen molar-refractivity contribution in [1.82, 2.24) is 19.8 Å². The van der Waals surface area contributed by atoms with Gasteiger partial charge in [-0.3, -0.25) is 14.7 Å². The first kappa shape index (κ1) is 35.0. The lowest BCUT2D eigenvalue weighted by Gasteiger charge is -2.34. The predicted octanol–water partition coefficient (Wildman–Crippen LogP) is 7.18. The van der Waals surface area contributed by atoms with E-state index in [2.05, 4.69) is 80.4 Å². The van der Waals surface area contributed by atoms with Crippen molar-refractivity contribution in [2.45, 2.75) is 99.6 Å². The third-order valence-corrected chi connectivity index (χ3v) is 7.80. The molecule has 0 spiro atoms. The van der Waals surface area contributed by atoms with Gasteiger partial charge in [0.2, 0.25) is 0 Å². The largest absolute Gasteiger partial charge is 0.384 e. The second-order valence-corrected chi connectivity index (χ2v) is 11.7. The fraction of sp³-hybridized carbons (Fsp3) is 0.545. The molecule has 2 atom stereocenters. The Kier molecular flexibility index (Phi) is 12.8. The number of aldehydes is 1. The molecule has 2 aromatic heterocycles. The van der Waals surface area contributed by atoms with Crippen LogP contribution in [-0.2, 0) is 4.79 Å². The van der Waals surface area contributed by atoms with Crippen LogP contribution in [0.1, 0.15) is 92.1 Å². The van der Waals surface area contributed by atoms with Crippen LogP contribution in [0.5, 0.6) is 0 Å². The molecule has 1 aliphatic heterocycles. The molecule has 0 aromatic carbocycles. The summed E-state index contributed by atoms with van der Waals surface area (Å²) in [5, 5.41) is 18.4. The molecule has 232 valence electrons. The first-order valence-electron chi connectivity index (χ1n) is 14.7. The van der Waals surface area contributed by atoms with E-state index in [0.717, 1.165) is 30.6 Å². The van der Waals surface area contributed by atoms with Crippen LogP contribution in [0.25, 0.3) is 5.52 Å². The number of fused-ring (bicyclic) bond motifs is 1. The first-order valence-corrected chi connectivity index (χ1v) is 14.7. The van der Waals surface area contributed by atoms with E-state index in [1.54, 1.807) is 6.92 Å². The Morgan fingerprint density at radius 1 is 1.26 bits per heavy atom. The number of likely N-dealkylation sites (N-methyl/N-ethyl adjacent to an activating group) is 1. The molecule has 42 heavy (non-hydrogen) atoms. The van der Waals surface area contributed by atoms with Crippen LogP contribution in [0.4, 0.5) is 8.78 Å². The van der Waals surface area contributed by atoms with Gasteiger partial charge < -0.3 is 10.4 Å². The summed E-state index contributed by atoms with van der Waals surface area (Å²) >= 11 is 0. The topological polar surface area (TPSA) is 82.2 Å². The SMILES string of the molecule is CCC(C)=CNC1=C(C)C(c2cc3cccc(C)n3n2)N(C)CC1.CCC(C)C(=N/C(=C(\C)C=O)C(F)F)C(C)(C)O. The molecule has 2 N–H and O–H groups in total. The number of carbonyl (C=O) groups excluding carboxylic acids is 1. The summed E-state index contributed by atoms with van der Waals surface area (Å²) in [6.07, 6.45) is 2.46. The van der Waals surface area contributed by atoms with E-state index in [9.17, 15) is 18.7 Å². The van der Waals surface area contributed by atoms with Crippen molar-refractivity contribution in [3.8, 4) is 0 Å². The summed E-state index contributed by atoms with van der Waals surface area (Å²) in [6, 6.07) is 8.76. The standard InChI is InChI=1S/C20H28N4.C13H21F2NO2/c1-6-14(2)13-21-18-10-11-23(5)20(16(18)4)19-12-17-9-7-8-15(3)24(17)22-19;1-6-8(2)11(13(4,5)18)16-10(12(14)15)9(3)7-17/h7-9,12-13,20-21H,6,10-11H2,1-5H3;7-8,12,18H,6H2,1-5H3/b;10-9+,16-11?. The minimum absolute atomic E-state index is 0.116. The van der Waals surface area contributed by atoms with Crippen LogP contribution in [-0.4, -0.2) is 57.2 Å². The zero-order valence-corrected chi connectivity index (χ0v) is 26.9. The summed E-state index contributed by atoms with van der Waals surface area (Å²) < 4.78 is 27.7. The molecule has 0 amide bonds. The lowest BCUT2D eigenvalue weighted by Crippen LogP contribution is -2.36. The number of rotatable bonds is 10. The van der Waals surface area contributed by atoms with Gasteiger partial charge in [0.05, 0.1) is 28.6 Å². The van der Waals surface area contributed by atoms with Gasteiger partial charge in [-0.15, -0.1) is 0 Å². The number of aromatic nitrogens is 2. The fourth-order valence-corrected chi connectivity index (χ4v) is 4.90. The fourth-order valence-electron chi connectivity index (χ4n) is 4.90. The Morgan fingerprint density at radius 3 is 2.45 bits per heavy atom. The van der Waals surface area contributed by atoms with Crippen molar-refractivity contribution in [2.24, 2.45) is 10.9 Å². The predicted molar refractivity (Wildman–Crippen MR) is 168 cm³/mol. The summed E-state index contributed by atoms with van der Waals surface area (Å²) in [4.78, 5) is 16.8. The number of pyridine rings is 1. The third kappa shape index (κ3) is 8.91. The quantitative estimate of drug-likeness (QED) is 0.175. The van der Waals surface area contributed by atoms with E-state index in [-0.39, 0.29) is 23.2 Å². The number of alkyl halides is 2. The molecule has 9 heteroatoms. The minimum Gasteiger partial charge on any atom is -0.384 e. The highest BCUT2D eigenvalue weighted by atomic mass is 19.3. The third-order valence-electron chi connectivity index (χ3n) is 7.80. The molecule has 0 radical (unpaired) electrons. The van der Waals surface area contributed by atoms with Gasteiger partial charge in [-0.2, -0.15) is 5.10 Å². The summed E-state index contributed by atoms with van der Waals surface area (Å²) in [5.41, 5.74) is 5.81. The van der Waals surface area contributed by atoms with Gasteiger partial charge in [0.15, 0.2) is 0 Å². The average molecular weight is 586 g/mol. The number of aryl methyl sites for hydroxylation is 1. The minimum atomic E-state index is -2.84. The van der Waals surface area contributed by atoms with E-state index >= 15 is 0 Å². The van der Waals surface area contributed by atoms with Crippen LogP contribution in [0, 0.1) is 12.8 Å². The van der Waals surface area contributed by atoms with E-state index in [1.807, 2.05) is 11.4 Å². The summed E-state index contributed by atoms with van der Waals surface area (Å²) in [5.74, 6) is -0.141. The number of nitrogens with one attached hydrogen (secondary N) is 1. The van der Waals surface area contributed by atoms with Gasteiger partial charge in [0.25, 0.3) is 6.43 Å². The number of hydrogen-bond donors (Lipinski definition) is 2. The number of nitrogens with zero attached hydrogens (tertiary/aromatic N) is 4. The van der Waals surface area contributed by atoms with Gasteiger partial charge in [-0.1, -0.05) is 32.4 Å². The van der Waals surface area contributed by atoms with Crippen molar-refractivity contribution in [3.05, 3.63) is 70.0 Å². The molecule has 3 rings (SSSR count). The average Bonchev–Trinajstić information content (AvgIpc) is 3.36. The molecule has 7 nitrogen and oxygen atoms in total. The highest BCUT2D eigenvalue weighted by molar-refractivity contribution is 5.94. The van der Waals surface area contributed by atoms with E-state index in [1.165, 1.54) is 43.3 Å². The maximum atomic E-state index is 12.8.